The highest BCUT2D eigenvalue weighted by Gasteiger charge is 2.29. The van der Waals surface area contributed by atoms with Gasteiger partial charge in [0.2, 0.25) is 0 Å². The second-order valence-electron chi connectivity index (χ2n) is 5.90. The van der Waals surface area contributed by atoms with Gasteiger partial charge in [-0.3, -0.25) is 4.90 Å². The van der Waals surface area contributed by atoms with E-state index < -0.39 is 0 Å². The van der Waals surface area contributed by atoms with Crippen molar-refractivity contribution in [2.75, 3.05) is 13.1 Å². The van der Waals surface area contributed by atoms with Gasteiger partial charge in [-0.2, -0.15) is 0 Å². The molecule has 0 bridgehead atoms. The van der Waals surface area contributed by atoms with Crippen LogP contribution in [0.1, 0.15) is 47.0 Å². The topological polar surface area (TPSA) is 29.3 Å². The summed E-state index contributed by atoms with van der Waals surface area (Å²) >= 11 is 0. The van der Waals surface area contributed by atoms with Crippen LogP contribution in [-0.4, -0.2) is 30.1 Å². The zero-order valence-corrected chi connectivity index (χ0v) is 10.2. The number of hydrogen-bond donors (Lipinski definition) is 1. The van der Waals surface area contributed by atoms with Crippen molar-refractivity contribution in [2.24, 2.45) is 11.1 Å². The summed E-state index contributed by atoms with van der Waals surface area (Å²) < 4.78 is 0. The average molecular weight is 198 g/mol. The van der Waals surface area contributed by atoms with Gasteiger partial charge < -0.3 is 5.73 Å². The summed E-state index contributed by atoms with van der Waals surface area (Å²) in [4.78, 5) is 2.61. The van der Waals surface area contributed by atoms with Gasteiger partial charge in [-0.15, -0.1) is 0 Å². The van der Waals surface area contributed by atoms with E-state index in [0.717, 1.165) is 12.6 Å². The third kappa shape index (κ3) is 3.25. The molecule has 1 saturated heterocycles. The predicted molar refractivity (Wildman–Crippen MR) is 62.3 cm³/mol. The van der Waals surface area contributed by atoms with E-state index in [2.05, 4.69) is 32.6 Å². The molecule has 0 saturated carbocycles. The molecular weight excluding hydrogens is 172 g/mol. The predicted octanol–water partition coefficient (Wildman–Crippen LogP) is 2.23. The highest BCUT2D eigenvalue weighted by atomic mass is 15.2. The van der Waals surface area contributed by atoms with Crippen LogP contribution >= 0.6 is 0 Å². The maximum Gasteiger partial charge on any atom is 0.0221 e. The van der Waals surface area contributed by atoms with E-state index in [1.807, 2.05) is 0 Å². The van der Waals surface area contributed by atoms with E-state index in [-0.39, 0.29) is 0 Å². The molecule has 2 heteroatoms. The first-order valence-corrected chi connectivity index (χ1v) is 5.90. The molecule has 2 nitrogen and oxygen atoms in total. The molecule has 0 radical (unpaired) electrons. The molecule has 0 aromatic heterocycles. The van der Waals surface area contributed by atoms with Gasteiger partial charge >= 0.3 is 0 Å². The Morgan fingerprint density at radius 1 is 1.29 bits per heavy atom. The van der Waals surface area contributed by atoms with Gasteiger partial charge in [0, 0.05) is 25.2 Å². The Morgan fingerprint density at radius 2 is 1.93 bits per heavy atom. The molecule has 1 fully saturated rings. The molecule has 1 heterocycles. The number of likely N-dealkylation sites (tertiary alicyclic amines) is 1. The van der Waals surface area contributed by atoms with E-state index in [9.17, 15) is 0 Å². The number of hydrogen-bond acceptors (Lipinski definition) is 2. The third-order valence-corrected chi connectivity index (χ3v) is 3.12. The summed E-state index contributed by atoms with van der Waals surface area (Å²) in [6, 6.07) is 1.34. The molecule has 0 aromatic carbocycles. The minimum Gasteiger partial charge on any atom is -0.329 e. The van der Waals surface area contributed by atoms with Crippen molar-refractivity contribution >= 4 is 0 Å². The van der Waals surface area contributed by atoms with E-state index in [1.165, 1.54) is 25.8 Å². The largest absolute Gasteiger partial charge is 0.329 e. The fourth-order valence-electron chi connectivity index (χ4n) is 2.43. The van der Waals surface area contributed by atoms with E-state index in [0.29, 0.717) is 11.5 Å². The molecule has 0 aliphatic carbocycles. The summed E-state index contributed by atoms with van der Waals surface area (Å²) in [6.07, 6.45) is 3.98. The van der Waals surface area contributed by atoms with Gasteiger partial charge in [0.05, 0.1) is 0 Å². The Labute approximate surface area is 88.8 Å². The number of nitrogens with two attached hydrogens (primary N) is 1. The first-order chi connectivity index (χ1) is 6.44. The third-order valence-electron chi connectivity index (χ3n) is 3.12. The van der Waals surface area contributed by atoms with E-state index in [1.54, 1.807) is 0 Å². The molecule has 1 aliphatic heterocycles. The van der Waals surface area contributed by atoms with Gasteiger partial charge in [-0.1, -0.05) is 27.2 Å². The normalized spacial score (nSPS) is 30.6. The summed E-state index contributed by atoms with van der Waals surface area (Å²) in [5.74, 6) is 0. The maximum absolute atomic E-state index is 5.83. The molecule has 2 N–H and O–H groups in total. The van der Waals surface area contributed by atoms with E-state index >= 15 is 0 Å². The summed E-state index contributed by atoms with van der Waals surface area (Å²) in [5.41, 5.74) is 6.22. The lowest BCUT2D eigenvalue weighted by molar-refractivity contribution is 0.0614. The standard InChI is InChI=1S/C12H26N2/c1-10-6-5-7-11(8-13)14(10)9-12(2,3)4/h10-11H,5-9,13H2,1-4H3. The number of nitrogens with zero attached hydrogens (tertiary/aromatic N) is 1. The smallest absolute Gasteiger partial charge is 0.0221 e. The zero-order chi connectivity index (χ0) is 10.8. The Morgan fingerprint density at radius 3 is 2.43 bits per heavy atom. The Hall–Kier alpha value is -0.0800. The highest BCUT2D eigenvalue weighted by Crippen LogP contribution is 2.26. The summed E-state index contributed by atoms with van der Waals surface area (Å²) in [7, 11) is 0. The fourth-order valence-corrected chi connectivity index (χ4v) is 2.43. The molecule has 84 valence electrons. The Bertz CT molecular complexity index is 172. The first kappa shape index (κ1) is 12.0. The van der Waals surface area contributed by atoms with Gasteiger partial charge in [0.25, 0.3) is 0 Å². The van der Waals surface area contributed by atoms with Crippen LogP contribution in [0, 0.1) is 5.41 Å². The molecule has 1 aliphatic rings. The van der Waals surface area contributed by atoms with Crippen molar-refractivity contribution in [3.05, 3.63) is 0 Å². The minimum atomic E-state index is 0.388. The molecule has 14 heavy (non-hydrogen) atoms. The quantitative estimate of drug-likeness (QED) is 0.737. The van der Waals surface area contributed by atoms with Crippen LogP contribution < -0.4 is 5.73 Å². The molecule has 0 aromatic rings. The number of rotatable bonds is 2. The van der Waals surface area contributed by atoms with Gasteiger partial charge in [0.1, 0.15) is 0 Å². The van der Waals surface area contributed by atoms with Crippen molar-refractivity contribution in [2.45, 2.75) is 59.0 Å². The molecular formula is C12H26N2. The van der Waals surface area contributed by atoms with Crippen LogP contribution in [0.2, 0.25) is 0 Å². The fraction of sp³-hybridized carbons (Fsp3) is 1.00. The Balaban J connectivity index is 2.60. The van der Waals surface area contributed by atoms with Crippen LogP contribution in [0.4, 0.5) is 0 Å². The van der Waals surface area contributed by atoms with Gasteiger partial charge in [-0.25, -0.2) is 0 Å². The molecule has 2 atom stereocenters. The minimum absolute atomic E-state index is 0.388. The summed E-state index contributed by atoms with van der Waals surface area (Å²) in [5, 5.41) is 0. The van der Waals surface area contributed by atoms with E-state index in [4.69, 9.17) is 5.73 Å². The van der Waals surface area contributed by atoms with Crippen molar-refractivity contribution in [1.29, 1.82) is 0 Å². The van der Waals surface area contributed by atoms with Crippen LogP contribution in [0.5, 0.6) is 0 Å². The van der Waals surface area contributed by atoms with Crippen LogP contribution in [-0.2, 0) is 0 Å². The molecule has 1 rings (SSSR count). The highest BCUT2D eigenvalue weighted by molar-refractivity contribution is 4.85. The monoisotopic (exact) mass is 198 g/mol. The van der Waals surface area contributed by atoms with Crippen LogP contribution in [0.25, 0.3) is 0 Å². The van der Waals surface area contributed by atoms with Crippen LogP contribution in [0.15, 0.2) is 0 Å². The Kier molecular flexibility index (Phi) is 3.96. The average Bonchev–Trinajstić information content (AvgIpc) is 2.06. The SMILES string of the molecule is CC1CCCC(CN)N1CC(C)(C)C. The summed E-state index contributed by atoms with van der Waals surface area (Å²) in [6.45, 7) is 11.3. The van der Waals surface area contributed by atoms with Gasteiger partial charge in [0.15, 0.2) is 0 Å². The van der Waals surface area contributed by atoms with Crippen molar-refractivity contribution in [1.82, 2.24) is 4.90 Å². The first-order valence-electron chi connectivity index (χ1n) is 5.90. The van der Waals surface area contributed by atoms with Crippen molar-refractivity contribution < 1.29 is 0 Å². The van der Waals surface area contributed by atoms with Crippen LogP contribution in [0.3, 0.4) is 0 Å². The maximum atomic E-state index is 5.83. The van der Waals surface area contributed by atoms with Crippen molar-refractivity contribution in [3.8, 4) is 0 Å². The lowest BCUT2D eigenvalue weighted by atomic mass is 9.90. The van der Waals surface area contributed by atoms with Gasteiger partial charge in [-0.05, 0) is 25.2 Å². The lowest BCUT2D eigenvalue weighted by Crippen LogP contribution is -2.51. The lowest BCUT2D eigenvalue weighted by Gasteiger charge is -2.43. The second kappa shape index (κ2) is 4.63. The zero-order valence-electron chi connectivity index (χ0n) is 10.2. The molecule has 0 spiro atoms. The number of piperidine rings is 1. The second-order valence-corrected chi connectivity index (χ2v) is 5.90. The molecule has 2 unspecified atom stereocenters. The van der Waals surface area contributed by atoms with Crippen molar-refractivity contribution in [3.63, 3.8) is 0 Å². The molecule has 0 amide bonds.